The van der Waals surface area contributed by atoms with Crippen LogP contribution in [0.1, 0.15) is 36.0 Å². The lowest BCUT2D eigenvalue weighted by molar-refractivity contribution is 0.262. The number of para-hydroxylation sites is 1. The van der Waals surface area contributed by atoms with Crippen LogP contribution in [0, 0.1) is 0 Å². The zero-order chi connectivity index (χ0) is 19.6. The Hall–Kier alpha value is -3.67. The molecule has 1 aliphatic rings. The highest BCUT2D eigenvalue weighted by molar-refractivity contribution is 6.06. The topological polar surface area (TPSA) is 80.1 Å². The number of benzene rings is 3. The Morgan fingerprint density at radius 2 is 1.66 bits per heavy atom. The first-order chi connectivity index (χ1) is 14.3. The van der Waals surface area contributed by atoms with Gasteiger partial charge in [-0.3, -0.25) is 0 Å². The molecule has 0 radical (unpaired) electrons. The van der Waals surface area contributed by atoms with Gasteiger partial charge in [-0.1, -0.05) is 59.8 Å². The third kappa shape index (κ3) is 3.82. The summed E-state index contributed by atoms with van der Waals surface area (Å²) in [5.74, 6) is 1.81. The van der Waals surface area contributed by atoms with Crippen molar-refractivity contribution in [1.82, 2.24) is 10.1 Å². The molecule has 3 aromatic carbocycles. The summed E-state index contributed by atoms with van der Waals surface area (Å²) in [7, 11) is 0. The molecular formula is C23H20N4O2. The van der Waals surface area contributed by atoms with E-state index in [1.165, 1.54) is 0 Å². The molecular weight excluding hydrogens is 364 g/mol. The molecule has 29 heavy (non-hydrogen) atoms. The van der Waals surface area contributed by atoms with Gasteiger partial charge in [0.1, 0.15) is 0 Å². The molecule has 6 heteroatoms. The highest BCUT2D eigenvalue weighted by Crippen LogP contribution is 2.38. The normalized spacial score (nSPS) is 13.4. The Labute approximate surface area is 167 Å². The van der Waals surface area contributed by atoms with Crippen LogP contribution in [-0.4, -0.2) is 16.2 Å². The van der Waals surface area contributed by atoms with Crippen molar-refractivity contribution < 1.29 is 9.32 Å². The molecule has 1 saturated carbocycles. The van der Waals surface area contributed by atoms with Crippen LogP contribution in [0.15, 0.2) is 71.3 Å². The highest BCUT2D eigenvalue weighted by Gasteiger charge is 2.28. The number of anilines is 2. The van der Waals surface area contributed by atoms with E-state index in [-0.39, 0.29) is 6.03 Å². The summed E-state index contributed by atoms with van der Waals surface area (Å²) in [4.78, 5) is 17.1. The van der Waals surface area contributed by atoms with E-state index in [0.29, 0.717) is 18.2 Å². The number of nitrogens with zero attached hydrogens (tertiary/aromatic N) is 2. The predicted octanol–water partition coefficient (Wildman–Crippen LogP) is 5.34. The van der Waals surface area contributed by atoms with Crippen LogP contribution in [0.2, 0.25) is 0 Å². The summed E-state index contributed by atoms with van der Waals surface area (Å²) >= 11 is 0. The molecule has 0 saturated heterocycles. The fraction of sp³-hybridized carbons (Fsp3) is 0.174. The summed E-state index contributed by atoms with van der Waals surface area (Å²) in [6, 6.07) is 21.2. The van der Waals surface area contributed by atoms with E-state index in [1.54, 1.807) is 0 Å². The predicted molar refractivity (Wildman–Crippen MR) is 112 cm³/mol. The summed E-state index contributed by atoms with van der Waals surface area (Å²) in [5, 5.41) is 12.0. The van der Waals surface area contributed by atoms with Gasteiger partial charge < -0.3 is 15.2 Å². The van der Waals surface area contributed by atoms with Crippen molar-refractivity contribution in [3.8, 4) is 0 Å². The summed E-state index contributed by atoms with van der Waals surface area (Å²) in [5.41, 5.74) is 2.41. The van der Waals surface area contributed by atoms with Gasteiger partial charge in [-0.05, 0) is 35.9 Å². The molecule has 1 aromatic heterocycles. The zero-order valence-electron chi connectivity index (χ0n) is 15.8. The number of fused-ring (bicyclic) bond motifs is 1. The molecule has 1 heterocycles. The third-order valence-electron chi connectivity index (χ3n) is 5.07. The summed E-state index contributed by atoms with van der Waals surface area (Å²) in [6.45, 7) is 0. The Bertz CT molecular complexity index is 1170. The first-order valence-corrected chi connectivity index (χ1v) is 9.72. The van der Waals surface area contributed by atoms with Gasteiger partial charge in [0.05, 0.1) is 12.1 Å². The van der Waals surface area contributed by atoms with E-state index in [0.717, 1.165) is 46.4 Å². The number of urea groups is 1. The maximum absolute atomic E-state index is 12.7. The lowest BCUT2D eigenvalue weighted by Crippen LogP contribution is -2.20. The second-order valence-corrected chi connectivity index (χ2v) is 7.26. The van der Waals surface area contributed by atoms with Crippen LogP contribution < -0.4 is 10.6 Å². The standard InChI is InChI=1S/C23H20N4O2/c28-23(25-20-11-5-8-15-6-1-3-9-18(15)20)24-19-10-4-2-7-17(19)14-21-26-22(27-29-21)16-12-13-16/h1-11,16H,12-14H2,(H2,24,25,28). The number of amides is 2. The Kier molecular flexibility index (Phi) is 4.44. The zero-order valence-corrected chi connectivity index (χ0v) is 15.8. The van der Waals surface area contributed by atoms with Gasteiger partial charge in [0.15, 0.2) is 5.82 Å². The van der Waals surface area contributed by atoms with Crippen LogP contribution >= 0.6 is 0 Å². The van der Waals surface area contributed by atoms with Crippen molar-refractivity contribution in [2.75, 3.05) is 10.6 Å². The number of carbonyl (C=O) groups is 1. The first kappa shape index (κ1) is 17.4. The van der Waals surface area contributed by atoms with E-state index in [4.69, 9.17) is 4.52 Å². The molecule has 6 nitrogen and oxygen atoms in total. The molecule has 1 aliphatic carbocycles. The largest absolute Gasteiger partial charge is 0.339 e. The van der Waals surface area contributed by atoms with Gasteiger partial charge in [0.2, 0.25) is 5.89 Å². The average molecular weight is 384 g/mol. The van der Waals surface area contributed by atoms with E-state index < -0.39 is 0 Å². The fourth-order valence-corrected chi connectivity index (χ4v) is 3.42. The van der Waals surface area contributed by atoms with Gasteiger partial charge >= 0.3 is 6.03 Å². The number of carbonyl (C=O) groups excluding carboxylic acids is 1. The van der Waals surface area contributed by atoms with Crippen molar-refractivity contribution in [3.05, 3.63) is 84.0 Å². The quantitative estimate of drug-likeness (QED) is 0.487. The van der Waals surface area contributed by atoms with E-state index in [2.05, 4.69) is 20.8 Å². The second kappa shape index (κ2) is 7.39. The first-order valence-electron chi connectivity index (χ1n) is 9.72. The van der Waals surface area contributed by atoms with Gasteiger partial charge in [0, 0.05) is 17.0 Å². The highest BCUT2D eigenvalue weighted by atomic mass is 16.5. The number of rotatable bonds is 5. The maximum atomic E-state index is 12.7. The minimum absolute atomic E-state index is 0.294. The van der Waals surface area contributed by atoms with E-state index in [1.807, 2.05) is 66.7 Å². The molecule has 0 unspecified atom stereocenters. The van der Waals surface area contributed by atoms with Crippen LogP contribution in [-0.2, 0) is 6.42 Å². The summed E-state index contributed by atoms with van der Waals surface area (Å²) < 4.78 is 5.38. The molecule has 1 fully saturated rings. The van der Waals surface area contributed by atoms with Crippen molar-refractivity contribution in [2.45, 2.75) is 25.2 Å². The molecule has 0 atom stereocenters. The van der Waals surface area contributed by atoms with Crippen molar-refractivity contribution in [3.63, 3.8) is 0 Å². The SMILES string of the molecule is O=C(Nc1ccccc1Cc1nc(C2CC2)no1)Nc1cccc2ccccc12. The van der Waals surface area contributed by atoms with Crippen LogP contribution in [0.3, 0.4) is 0 Å². The fourth-order valence-electron chi connectivity index (χ4n) is 3.42. The second-order valence-electron chi connectivity index (χ2n) is 7.26. The number of hydrogen-bond acceptors (Lipinski definition) is 4. The molecule has 0 aliphatic heterocycles. The van der Waals surface area contributed by atoms with E-state index >= 15 is 0 Å². The van der Waals surface area contributed by atoms with Crippen molar-refractivity contribution >= 4 is 28.2 Å². The average Bonchev–Trinajstić information content (AvgIpc) is 3.49. The van der Waals surface area contributed by atoms with Crippen molar-refractivity contribution in [1.29, 1.82) is 0 Å². The lowest BCUT2D eigenvalue weighted by atomic mass is 10.1. The monoisotopic (exact) mass is 384 g/mol. The Morgan fingerprint density at radius 3 is 2.55 bits per heavy atom. The molecule has 4 aromatic rings. The molecule has 2 N–H and O–H groups in total. The number of nitrogens with one attached hydrogen (secondary N) is 2. The van der Waals surface area contributed by atoms with Gasteiger partial charge in [-0.2, -0.15) is 4.98 Å². The summed E-state index contributed by atoms with van der Waals surface area (Å²) in [6.07, 6.45) is 2.74. The number of aromatic nitrogens is 2. The van der Waals surface area contributed by atoms with Gasteiger partial charge in [0.25, 0.3) is 0 Å². The van der Waals surface area contributed by atoms with Crippen LogP contribution in [0.5, 0.6) is 0 Å². The molecule has 0 spiro atoms. The van der Waals surface area contributed by atoms with Crippen molar-refractivity contribution in [2.24, 2.45) is 0 Å². The molecule has 2 amide bonds. The van der Waals surface area contributed by atoms with Gasteiger partial charge in [-0.25, -0.2) is 4.79 Å². The smallest absolute Gasteiger partial charge is 0.323 e. The molecule has 5 rings (SSSR count). The molecule has 0 bridgehead atoms. The van der Waals surface area contributed by atoms with E-state index in [9.17, 15) is 4.79 Å². The molecule has 144 valence electrons. The van der Waals surface area contributed by atoms with Gasteiger partial charge in [-0.15, -0.1) is 0 Å². The number of hydrogen-bond donors (Lipinski definition) is 2. The van der Waals surface area contributed by atoms with Crippen LogP contribution in [0.25, 0.3) is 10.8 Å². The van der Waals surface area contributed by atoms with Crippen LogP contribution in [0.4, 0.5) is 16.2 Å². The lowest BCUT2D eigenvalue weighted by Gasteiger charge is -2.12. The maximum Gasteiger partial charge on any atom is 0.323 e. The minimum Gasteiger partial charge on any atom is -0.339 e. The Morgan fingerprint density at radius 1 is 0.931 bits per heavy atom. The Balaban J connectivity index is 1.32. The minimum atomic E-state index is -0.294. The third-order valence-corrected chi connectivity index (χ3v) is 5.07.